The quantitative estimate of drug-likeness (QED) is 0.214. The normalized spacial score (nSPS) is 13.8. The van der Waals surface area contributed by atoms with Crippen LogP contribution in [0.3, 0.4) is 0 Å². The lowest BCUT2D eigenvalue weighted by Crippen LogP contribution is -2.33. The van der Waals surface area contributed by atoms with Crippen LogP contribution < -0.4 is 25.6 Å². The number of anilines is 6. The number of aromatic nitrogens is 2. The summed E-state index contributed by atoms with van der Waals surface area (Å²) in [7, 11) is 1.51. The van der Waals surface area contributed by atoms with Crippen molar-refractivity contribution >= 4 is 46.2 Å². The lowest BCUT2D eigenvalue weighted by Gasteiger charge is -2.34. The average Bonchev–Trinajstić information content (AvgIpc) is 2.97. The molecule has 0 spiro atoms. The molecule has 0 radical (unpaired) electrons. The van der Waals surface area contributed by atoms with E-state index in [-0.39, 0.29) is 23.1 Å². The van der Waals surface area contributed by atoms with Crippen molar-refractivity contribution in [3.63, 3.8) is 0 Å². The Morgan fingerprint density at radius 2 is 1.81 bits per heavy atom. The molecule has 2 aromatic carbocycles. The summed E-state index contributed by atoms with van der Waals surface area (Å²) < 4.78 is 47.1. The highest BCUT2D eigenvalue weighted by Crippen LogP contribution is 2.38. The van der Waals surface area contributed by atoms with Crippen LogP contribution in [0.15, 0.2) is 61.3 Å². The number of hydrogen-bond acceptors (Lipinski definition) is 8. The van der Waals surface area contributed by atoms with Crippen LogP contribution in [-0.2, 0) is 15.8 Å². The van der Waals surface area contributed by atoms with E-state index < -0.39 is 23.5 Å². The average molecular weight is 583 g/mol. The Labute approximate surface area is 242 Å². The van der Waals surface area contributed by atoms with Crippen molar-refractivity contribution in [3.8, 4) is 5.75 Å². The molecule has 222 valence electrons. The lowest BCUT2D eigenvalue weighted by atomic mass is 9.91. The first-order chi connectivity index (χ1) is 20.1. The van der Waals surface area contributed by atoms with Crippen LogP contribution in [-0.4, -0.2) is 41.9 Å². The number of alkyl halides is 3. The Morgan fingerprint density at radius 1 is 1.10 bits per heavy atom. The first-order valence-corrected chi connectivity index (χ1v) is 13.5. The number of piperidine rings is 1. The van der Waals surface area contributed by atoms with Crippen LogP contribution in [0.2, 0.25) is 0 Å². The second-order valence-electron chi connectivity index (χ2n) is 10.00. The number of ether oxygens (including phenoxy) is 1. The van der Waals surface area contributed by atoms with Gasteiger partial charge in [-0.05, 0) is 62.4 Å². The van der Waals surface area contributed by atoms with E-state index in [1.807, 2.05) is 12.1 Å². The van der Waals surface area contributed by atoms with E-state index >= 15 is 0 Å². The molecule has 9 nitrogen and oxygen atoms in total. The van der Waals surface area contributed by atoms with Gasteiger partial charge in [-0.15, -0.1) is 0 Å². The molecular weight excluding hydrogens is 549 g/mol. The molecule has 2 heterocycles. The van der Waals surface area contributed by atoms with Gasteiger partial charge in [0.1, 0.15) is 22.9 Å². The van der Waals surface area contributed by atoms with Gasteiger partial charge in [-0.25, -0.2) is 4.98 Å². The van der Waals surface area contributed by atoms with Gasteiger partial charge in [0.2, 0.25) is 11.9 Å². The molecule has 3 aromatic rings. The summed E-state index contributed by atoms with van der Waals surface area (Å²) in [4.78, 5) is 33.4. The van der Waals surface area contributed by atoms with E-state index in [0.717, 1.165) is 44.1 Å². The Balaban J connectivity index is 1.54. The molecule has 1 saturated heterocycles. The van der Waals surface area contributed by atoms with E-state index in [2.05, 4.69) is 37.4 Å². The molecule has 1 aliphatic heterocycles. The maximum Gasteiger partial charge on any atom is 0.421 e. The van der Waals surface area contributed by atoms with Crippen molar-refractivity contribution < 1.29 is 27.5 Å². The lowest BCUT2D eigenvalue weighted by molar-refractivity contribution is -0.137. The number of methoxy groups -OCH3 is 1. The fourth-order valence-electron chi connectivity index (χ4n) is 4.74. The zero-order chi connectivity index (χ0) is 30.3. The third kappa shape index (κ3) is 7.77. The van der Waals surface area contributed by atoms with Crippen LogP contribution >= 0.6 is 0 Å². The summed E-state index contributed by atoms with van der Waals surface area (Å²) in [5, 5.41) is 8.21. The van der Waals surface area contributed by atoms with Gasteiger partial charge in [-0.3, -0.25) is 4.79 Å². The fourth-order valence-corrected chi connectivity index (χ4v) is 4.74. The Bertz CT molecular complexity index is 1440. The van der Waals surface area contributed by atoms with Gasteiger partial charge in [0.05, 0.1) is 24.2 Å². The Morgan fingerprint density at radius 3 is 2.45 bits per heavy atom. The molecule has 1 fully saturated rings. The summed E-state index contributed by atoms with van der Waals surface area (Å²) in [6.07, 6.45) is 0.520. The molecule has 0 atom stereocenters. The molecule has 3 N–H and O–H groups in total. The highest BCUT2D eigenvalue weighted by Gasteiger charge is 2.35. The highest BCUT2D eigenvalue weighted by atomic mass is 19.4. The number of amides is 1. The first kappa shape index (κ1) is 30.4. The number of halogens is 3. The summed E-state index contributed by atoms with van der Waals surface area (Å²) in [5.74, 6) is 0.115. The minimum Gasteiger partial charge on any atom is -0.494 e. The minimum atomic E-state index is -4.74. The summed E-state index contributed by atoms with van der Waals surface area (Å²) in [6, 6.07) is 11.8. The standard InChI is InChI=1S/C30H33F3N6O3/c1-4-27(41)35-23-7-5-6-8-24(23)36-28-22(30(31,32)33)18-34-29(38-28)37-25-12-11-21(17-26(25)42-3)39-15-13-20(14-16-39)10-9-19(2)40/h4-8,11-12,17-18,20H,1,9-10,13-16H2,2-3H3,(H,35,41)(H2,34,36,37,38). The second kappa shape index (κ2) is 13.4. The van der Waals surface area contributed by atoms with Gasteiger partial charge in [0.25, 0.3) is 0 Å². The zero-order valence-corrected chi connectivity index (χ0v) is 23.4. The van der Waals surface area contributed by atoms with Crippen LogP contribution in [0, 0.1) is 5.92 Å². The van der Waals surface area contributed by atoms with Crippen molar-refractivity contribution in [2.75, 3.05) is 41.0 Å². The van der Waals surface area contributed by atoms with Gasteiger partial charge in [-0.1, -0.05) is 18.7 Å². The molecule has 1 aromatic heterocycles. The number of para-hydroxylation sites is 2. The fraction of sp³-hybridized carbons (Fsp3) is 0.333. The summed E-state index contributed by atoms with van der Waals surface area (Å²) in [6.45, 7) is 6.72. The molecule has 4 rings (SSSR count). The monoisotopic (exact) mass is 582 g/mol. The summed E-state index contributed by atoms with van der Waals surface area (Å²) in [5.41, 5.74) is 0.809. The van der Waals surface area contributed by atoms with Gasteiger partial charge < -0.3 is 30.4 Å². The van der Waals surface area contributed by atoms with Gasteiger partial charge in [-0.2, -0.15) is 18.2 Å². The number of hydrogen-bond donors (Lipinski definition) is 3. The number of Topliss-reactive ketones (excluding diaryl/α,β-unsaturated/α-hetero) is 1. The number of carbonyl (C=O) groups is 2. The van der Waals surface area contributed by atoms with Crippen LogP contribution in [0.5, 0.6) is 5.75 Å². The maximum atomic E-state index is 13.9. The molecule has 1 aliphatic rings. The van der Waals surface area contributed by atoms with E-state index in [4.69, 9.17) is 4.74 Å². The van der Waals surface area contributed by atoms with Crippen molar-refractivity contribution in [2.24, 2.45) is 5.92 Å². The largest absolute Gasteiger partial charge is 0.494 e. The number of nitrogens with one attached hydrogen (secondary N) is 3. The molecule has 0 unspecified atom stereocenters. The molecule has 0 aliphatic carbocycles. The third-order valence-electron chi connectivity index (χ3n) is 7.03. The van der Waals surface area contributed by atoms with Crippen molar-refractivity contribution in [1.82, 2.24) is 9.97 Å². The molecule has 0 bridgehead atoms. The SMILES string of the molecule is C=CC(=O)Nc1ccccc1Nc1nc(Nc2ccc(N3CCC(CCC(C)=O)CC3)cc2OC)ncc1C(F)(F)F. The predicted molar refractivity (Wildman–Crippen MR) is 157 cm³/mol. The van der Waals surface area contributed by atoms with Crippen LogP contribution in [0.4, 0.5) is 47.7 Å². The smallest absolute Gasteiger partial charge is 0.421 e. The number of nitrogens with zero attached hydrogens (tertiary/aromatic N) is 3. The van der Waals surface area contributed by atoms with E-state index in [1.165, 1.54) is 13.2 Å². The minimum absolute atomic E-state index is 0.0876. The second-order valence-corrected chi connectivity index (χ2v) is 10.00. The highest BCUT2D eigenvalue weighted by molar-refractivity contribution is 6.01. The third-order valence-corrected chi connectivity index (χ3v) is 7.03. The van der Waals surface area contributed by atoms with Gasteiger partial charge in [0, 0.05) is 37.5 Å². The van der Waals surface area contributed by atoms with Crippen LogP contribution in [0.25, 0.3) is 0 Å². The number of rotatable bonds is 11. The summed E-state index contributed by atoms with van der Waals surface area (Å²) >= 11 is 0. The maximum absolute atomic E-state index is 13.9. The predicted octanol–water partition coefficient (Wildman–Crippen LogP) is 6.70. The zero-order valence-electron chi connectivity index (χ0n) is 23.4. The van der Waals surface area contributed by atoms with Gasteiger partial charge in [0.15, 0.2) is 0 Å². The van der Waals surface area contributed by atoms with E-state index in [0.29, 0.717) is 30.0 Å². The van der Waals surface area contributed by atoms with Crippen molar-refractivity contribution in [2.45, 2.75) is 38.8 Å². The Kier molecular flexibility index (Phi) is 9.66. The van der Waals surface area contributed by atoms with Crippen molar-refractivity contribution in [3.05, 3.63) is 66.9 Å². The number of benzene rings is 2. The molecule has 1 amide bonds. The molecule has 0 saturated carbocycles. The first-order valence-electron chi connectivity index (χ1n) is 13.5. The molecular formula is C30H33F3N6O3. The number of ketones is 1. The van der Waals surface area contributed by atoms with E-state index in [1.54, 1.807) is 31.2 Å². The van der Waals surface area contributed by atoms with Gasteiger partial charge >= 0.3 is 6.18 Å². The molecule has 42 heavy (non-hydrogen) atoms. The molecule has 12 heteroatoms. The topological polar surface area (TPSA) is 108 Å². The number of carbonyl (C=O) groups excluding carboxylic acids is 2. The Hall–Kier alpha value is -4.61. The van der Waals surface area contributed by atoms with Crippen molar-refractivity contribution in [1.29, 1.82) is 0 Å². The van der Waals surface area contributed by atoms with E-state index in [9.17, 15) is 22.8 Å². The van der Waals surface area contributed by atoms with Crippen LogP contribution in [0.1, 0.15) is 38.2 Å².